The van der Waals surface area contributed by atoms with E-state index in [1.165, 1.54) is 0 Å². The van der Waals surface area contributed by atoms with Gasteiger partial charge in [-0.1, -0.05) is 19.1 Å². The van der Waals surface area contributed by atoms with Crippen LogP contribution in [0.4, 0.5) is 0 Å². The summed E-state index contributed by atoms with van der Waals surface area (Å²) in [5.41, 5.74) is 1.12. The van der Waals surface area contributed by atoms with Crippen LogP contribution < -0.4 is 4.74 Å². The van der Waals surface area contributed by atoms with Crippen LogP contribution in [0.25, 0.3) is 0 Å². The van der Waals surface area contributed by atoms with Gasteiger partial charge in [0.2, 0.25) is 0 Å². The first kappa shape index (κ1) is 10.7. The number of benzene rings is 1. The molecule has 2 nitrogen and oxygen atoms in total. The maximum Gasteiger partial charge on any atom is 0.173 e. The molecule has 0 amide bonds. The Kier molecular flexibility index (Phi) is 3.10. The summed E-state index contributed by atoms with van der Waals surface area (Å²) in [5, 5.41) is 0. The van der Waals surface area contributed by atoms with Crippen molar-refractivity contribution in [1.29, 1.82) is 0 Å². The second kappa shape index (κ2) is 4.35. The smallest absolute Gasteiger partial charge is 0.173 e. The van der Waals surface area contributed by atoms with Gasteiger partial charge in [-0.2, -0.15) is 0 Å². The topological polar surface area (TPSA) is 26.3 Å². The van der Waals surface area contributed by atoms with Crippen LogP contribution in [0.2, 0.25) is 0 Å². The number of carbonyl (C=O) groups is 1. The average molecular weight is 269 g/mol. The fourth-order valence-corrected chi connectivity index (χ4v) is 2.32. The number of para-hydroxylation sites is 1. The summed E-state index contributed by atoms with van der Waals surface area (Å²) < 4.78 is 6.59. The third kappa shape index (κ3) is 2.07. The van der Waals surface area contributed by atoms with Crippen LogP contribution in [-0.2, 0) is 11.2 Å². The lowest BCUT2D eigenvalue weighted by molar-refractivity contribution is -0.125. The van der Waals surface area contributed by atoms with Crippen LogP contribution in [0.3, 0.4) is 0 Å². The highest BCUT2D eigenvalue weighted by Crippen LogP contribution is 2.36. The molecule has 0 saturated carbocycles. The van der Waals surface area contributed by atoms with Crippen molar-refractivity contribution >= 4 is 21.7 Å². The van der Waals surface area contributed by atoms with E-state index in [4.69, 9.17) is 4.74 Å². The monoisotopic (exact) mass is 268 g/mol. The molecular weight excluding hydrogens is 256 g/mol. The molecule has 0 radical (unpaired) electrons. The van der Waals surface area contributed by atoms with E-state index in [2.05, 4.69) is 15.9 Å². The molecule has 1 aromatic carbocycles. The number of ketones is 1. The van der Waals surface area contributed by atoms with E-state index in [-0.39, 0.29) is 11.9 Å². The third-order valence-corrected chi connectivity index (χ3v) is 3.19. The highest BCUT2D eigenvalue weighted by atomic mass is 79.9. The summed E-state index contributed by atoms with van der Waals surface area (Å²) in [5.74, 6) is 1.05. The molecular formula is C12H13BrO2. The molecule has 1 aliphatic heterocycles. The van der Waals surface area contributed by atoms with Crippen molar-refractivity contribution < 1.29 is 9.53 Å². The summed E-state index contributed by atoms with van der Waals surface area (Å²) in [4.78, 5) is 11.7. The third-order valence-electron chi connectivity index (χ3n) is 2.57. The molecule has 1 unspecified atom stereocenters. The van der Waals surface area contributed by atoms with E-state index in [0.29, 0.717) is 12.8 Å². The van der Waals surface area contributed by atoms with Gasteiger partial charge in [-0.05, 0) is 34.0 Å². The maximum atomic E-state index is 11.7. The Morgan fingerprint density at radius 3 is 3.07 bits per heavy atom. The van der Waals surface area contributed by atoms with Crippen molar-refractivity contribution in [2.45, 2.75) is 32.3 Å². The zero-order valence-electron chi connectivity index (χ0n) is 8.63. The Morgan fingerprint density at radius 1 is 1.60 bits per heavy atom. The minimum Gasteiger partial charge on any atom is -0.481 e. The molecule has 1 atom stereocenters. The molecule has 0 bridgehead atoms. The van der Waals surface area contributed by atoms with E-state index < -0.39 is 0 Å². The molecule has 3 heteroatoms. The van der Waals surface area contributed by atoms with Crippen LogP contribution in [0, 0.1) is 0 Å². The summed E-state index contributed by atoms with van der Waals surface area (Å²) >= 11 is 3.43. The molecule has 0 saturated heterocycles. The molecule has 0 fully saturated rings. The zero-order chi connectivity index (χ0) is 10.8. The number of Topliss-reactive ketones (excluding diaryl/α,β-unsaturated/α-hetero) is 1. The van der Waals surface area contributed by atoms with Crippen molar-refractivity contribution in [1.82, 2.24) is 0 Å². The number of hydrogen-bond acceptors (Lipinski definition) is 2. The van der Waals surface area contributed by atoms with Gasteiger partial charge in [0.25, 0.3) is 0 Å². The van der Waals surface area contributed by atoms with Crippen molar-refractivity contribution in [3.63, 3.8) is 0 Å². The van der Waals surface area contributed by atoms with Gasteiger partial charge in [0.15, 0.2) is 11.9 Å². The molecule has 0 spiro atoms. The standard InChI is InChI=1S/C12H13BrO2/c1-2-4-10(14)11-7-8-5-3-6-9(13)12(8)15-11/h3,5-6,11H,2,4,7H2,1H3. The molecule has 0 aromatic heterocycles. The van der Waals surface area contributed by atoms with Gasteiger partial charge < -0.3 is 4.74 Å². The lowest BCUT2D eigenvalue weighted by Gasteiger charge is -2.08. The van der Waals surface area contributed by atoms with Crippen LogP contribution in [0.5, 0.6) is 5.75 Å². The van der Waals surface area contributed by atoms with E-state index in [1.807, 2.05) is 25.1 Å². The number of halogens is 1. The van der Waals surface area contributed by atoms with Crippen molar-refractivity contribution in [3.8, 4) is 5.75 Å². The predicted octanol–water partition coefficient (Wildman–Crippen LogP) is 3.12. The van der Waals surface area contributed by atoms with Crippen LogP contribution in [0.1, 0.15) is 25.3 Å². The van der Waals surface area contributed by atoms with E-state index >= 15 is 0 Å². The van der Waals surface area contributed by atoms with Crippen LogP contribution >= 0.6 is 15.9 Å². The average Bonchev–Trinajstić information content (AvgIpc) is 2.63. The number of rotatable bonds is 3. The fourth-order valence-electron chi connectivity index (χ4n) is 1.82. The van der Waals surface area contributed by atoms with Gasteiger partial charge in [-0.15, -0.1) is 0 Å². The number of fused-ring (bicyclic) bond motifs is 1. The summed E-state index contributed by atoms with van der Waals surface area (Å²) in [6, 6.07) is 5.92. The van der Waals surface area contributed by atoms with Crippen molar-refractivity contribution in [2.24, 2.45) is 0 Å². The largest absolute Gasteiger partial charge is 0.481 e. The normalized spacial score (nSPS) is 18.4. The zero-order valence-corrected chi connectivity index (χ0v) is 10.2. The Hall–Kier alpha value is -0.830. The van der Waals surface area contributed by atoms with Crippen molar-refractivity contribution in [2.75, 3.05) is 0 Å². The quantitative estimate of drug-likeness (QED) is 0.842. The first-order valence-corrected chi connectivity index (χ1v) is 5.98. The van der Waals surface area contributed by atoms with Crippen molar-refractivity contribution in [3.05, 3.63) is 28.2 Å². The molecule has 80 valence electrons. The highest BCUT2D eigenvalue weighted by molar-refractivity contribution is 9.10. The fraction of sp³-hybridized carbons (Fsp3) is 0.417. The van der Waals surface area contributed by atoms with Gasteiger partial charge in [0.1, 0.15) is 5.75 Å². The Balaban J connectivity index is 2.15. The Labute approximate surface area is 97.8 Å². The molecule has 1 aromatic rings. The summed E-state index contributed by atoms with van der Waals surface area (Å²) in [6.07, 6.45) is 1.94. The van der Waals surface area contributed by atoms with Gasteiger partial charge in [-0.25, -0.2) is 0 Å². The molecule has 0 N–H and O–H groups in total. The first-order chi connectivity index (χ1) is 7.22. The predicted molar refractivity (Wildman–Crippen MR) is 62.2 cm³/mol. The molecule has 0 aliphatic carbocycles. The van der Waals surface area contributed by atoms with E-state index in [1.54, 1.807) is 0 Å². The summed E-state index contributed by atoms with van der Waals surface area (Å²) in [7, 11) is 0. The minimum atomic E-state index is -0.265. The van der Waals surface area contributed by atoms with Crippen LogP contribution in [0.15, 0.2) is 22.7 Å². The summed E-state index contributed by atoms with van der Waals surface area (Å²) in [6.45, 7) is 2.01. The molecule has 1 heterocycles. The number of ether oxygens (including phenoxy) is 1. The van der Waals surface area contributed by atoms with Gasteiger partial charge in [0.05, 0.1) is 4.47 Å². The van der Waals surface area contributed by atoms with Gasteiger partial charge in [-0.3, -0.25) is 4.79 Å². The van der Waals surface area contributed by atoms with Crippen LogP contribution in [-0.4, -0.2) is 11.9 Å². The Bertz CT molecular complexity index is 387. The number of carbonyl (C=O) groups excluding carboxylic acids is 1. The lowest BCUT2D eigenvalue weighted by Crippen LogP contribution is -2.24. The lowest BCUT2D eigenvalue weighted by atomic mass is 10.1. The van der Waals surface area contributed by atoms with E-state index in [0.717, 1.165) is 22.2 Å². The second-order valence-corrected chi connectivity index (χ2v) is 4.61. The molecule has 15 heavy (non-hydrogen) atoms. The SMILES string of the molecule is CCCC(=O)C1Cc2cccc(Br)c2O1. The Morgan fingerprint density at radius 2 is 2.40 bits per heavy atom. The number of hydrogen-bond donors (Lipinski definition) is 0. The van der Waals surface area contributed by atoms with Gasteiger partial charge in [0, 0.05) is 12.8 Å². The molecule has 2 rings (SSSR count). The van der Waals surface area contributed by atoms with Gasteiger partial charge >= 0.3 is 0 Å². The minimum absolute atomic E-state index is 0.209. The second-order valence-electron chi connectivity index (χ2n) is 3.76. The highest BCUT2D eigenvalue weighted by Gasteiger charge is 2.29. The first-order valence-electron chi connectivity index (χ1n) is 5.19. The maximum absolute atomic E-state index is 11.7. The molecule has 1 aliphatic rings. The van der Waals surface area contributed by atoms with E-state index in [9.17, 15) is 4.79 Å².